The zero-order valence-electron chi connectivity index (χ0n) is 39.6. The van der Waals surface area contributed by atoms with Gasteiger partial charge < -0.3 is 29.0 Å². The molecule has 0 aliphatic rings. The van der Waals surface area contributed by atoms with E-state index in [0.29, 0.717) is 65.2 Å². The van der Waals surface area contributed by atoms with Gasteiger partial charge in [0, 0.05) is 90.7 Å². The van der Waals surface area contributed by atoms with E-state index in [9.17, 15) is 5.11 Å². The van der Waals surface area contributed by atoms with Gasteiger partial charge >= 0.3 is 0 Å². The maximum Gasteiger partial charge on any atom is 0.153 e. The van der Waals surface area contributed by atoms with Gasteiger partial charge in [-0.2, -0.15) is 10.2 Å². The summed E-state index contributed by atoms with van der Waals surface area (Å²) in [5, 5.41) is 19.3. The fourth-order valence-electron chi connectivity index (χ4n) is 7.77. The van der Waals surface area contributed by atoms with E-state index in [2.05, 4.69) is 69.2 Å². The topological polar surface area (TPSA) is 125 Å². The molecule has 356 valence electrons. The van der Waals surface area contributed by atoms with Gasteiger partial charge in [0.15, 0.2) is 11.6 Å². The van der Waals surface area contributed by atoms with Gasteiger partial charge in [0.1, 0.15) is 49.4 Å². The second-order valence-corrected chi connectivity index (χ2v) is 18.1. The third-order valence-electron chi connectivity index (χ3n) is 12.0. The summed E-state index contributed by atoms with van der Waals surface area (Å²) in [6.45, 7) is 8.53. The van der Waals surface area contributed by atoms with Crippen LogP contribution < -0.4 is 18.9 Å². The molecule has 1 N–H and O–H groups in total. The molecule has 4 aromatic heterocycles. The summed E-state index contributed by atoms with van der Waals surface area (Å²) >= 11 is 13.8. The molecule has 0 spiro atoms. The fourth-order valence-corrected chi connectivity index (χ4v) is 8.26. The third-order valence-corrected chi connectivity index (χ3v) is 12.6. The molecule has 1 unspecified atom stereocenters. The predicted octanol–water partition coefficient (Wildman–Crippen LogP) is 10.6. The molecule has 0 radical (unpaired) electrons. The SMILES string of the molecule is Cc1c(COc2cc(OCc3ccc(-n4cccn4)nc3)c(CN(C)C)cc2Cl)cccc1-c1cccc(COc2cc(OCc3ccc(-n4cccn4)nc3)c(CN(C)C(C)CO)cc2Cl)c1C. The monoisotopic (exact) mass is 966 g/mol. The molecule has 0 aliphatic heterocycles. The maximum atomic E-state index is 9.84. The Bertz CT molecular complexity index is 2950. The van der Waals surface area contributed by atoms with Crippen LogP contribution in [0.5, 0.6) is 23.0 Å². The standard InChI is InChI=1S/C54H56Cl2N8O5/c1-36(31-65)62(6)30-44-24-48(56)52(26-50(44)67-33-40-16-18-54(58-28-40)64-22-10-20-60-64)69-35-42-12-8-14-46(38(42)3)45-13-7-11-41(37(45)2)34-68-51-25-49(43(23-47(51)55)29-61(4)5)66-32-39-15-17-53(57-27-39)63-21-9-19-59-63/h7-28,36,65H,29-35H2,1-6H3. The van der Waals surface area contributed by atoms with Crippen LogP contribution in [0.1, 0.15) is 51.4 Å². The highest BCUT2D eigenvalue weighted by Gasteiger charge is 2.19. The van der Waals surface area contributed by atoms with Crippen molar-refractivity contribution in [2.24, 2.45) is 0 Å². The normalized spacial score (nSPS) is 11.9. The summed E-state index contributed by atoms with van der Waals surface area (Å²) in [6, 6.07) is 31.5. The van der Waals surface area contributed by atoms with Crippen molar-refractivity contribution in [1.29, 1.82) is 0 Å². The lowest BCUT2D eigenvalue weighted by Gasteiger charge is -2.24. The summed E-state index contributed by atoms with van der Waals surface area (Å²) in [7, 11) is 5.97. The van der Waals surface area contributed by atoms with E-state index in [1.165, 1.54) is 0 Å². The number of rotatable bonds is 21. The smallest absolute Gasteiger partial charge is 0.153 e. The lowest BCUT2D eigenvalue weighted by atomic mass is 9.92. The predicted molar refractivity (Wildman–Crippen MR) is 270 cm³/mol. The van der Waals surface area contributed by atoms with Crippen molar-refractivity contribution in [2.45, 2.75) is 66.3 Å². The van der Waals surface area contributed by atoms with Gasteiger partial charge in [-0.1, -0.05) is 71.7 Å². The van der Waals surface area contributed by atoms with Gasteiger partial charge in [0.25, 0.3) is 0 Å². The number of ether oxygens (including phenoxy) is 4. The van der Waals surface area contributed by atoms with Crippen LogP contribution >= 0.6 is 23.2 Å². The summed E-state index contributed by atoms with van der Waals surface area (Å²) in [5.41, 5.74) is 10.0. The molecule has 0 bridgehead atoms. The Balaban J connectivity index is 0.965. The second-order valence-electron chi connectivity index (χ2n) is 17.2. The first-order valence-corrected chi connectivity index (χ1v) is 23.4. The van der Waals surface area contributed by atoms with Crippen LogP contribution in [0.25, 0.3) is 22.8 Å². The Hall–Kier alpha value is -6.74. The van der Waals surface area contributed by atoms with Gasteiger partial charge in [-0.15, -0.1) is 0 Å². The van der Waals surface area contributed by atoms with Crippen molar-refractivity contribution in [3.05, 3.63) is 189 Å². The lowest BCUT2D eigenvalue weighted by molar-refractivity contribution is 0.152. The largest absolute Gasteiger partial charge is 0.488 e. The highest BCUT2D eigenvalue weighted by Crippen LogP contribution is 2.38. The van der Waals surface area contributed by atoms with Gasteiger partial charge in [0.05, 0.1) is 16.7 Å². The first kappa shape index (κ1) is 48.7. The van der Waals surface area contributed by atoms with Crippen LogP contribution in [0.15, 0.2) is 134 Å². The Kier molecular flexibility index (Phi) is 15.9. The molecule has 15 heteroatoms. The number of nitrogens with zero attached hydrogens (tertiary/aromatic N) is 8. The Morgan fingerprint density at radius 3 is 1.43 bits per heavy atom. The fraction of sp³-hybridized carbons (Fsp3) is 0.259. The number of aliphatic hydroxyl groups is 1. The zero-order valence-corrected chi connectivity index (χ0v) is 41.2. The van der Waals surface area contributed by atoms with Gasteiger partial charge in [-0.25, -0.2) is 19.3 Å². The summed E-state index contributed by atoms with van der Waals surface area (Å²) in [5.74, 6) is 3.79. The molecule has 4 aromatic carbocycles. The number of hydrogen-bond donors (Lipinski definition) is 1. The Morgan fingerprint density at radius 1 is 0.565 bits per heavy atom. The average Bonchev–Trinajstić information content (AvgIpc) is 4.10. The quantitative estimate of drug-likeness (QED) is 0.0740. The third kappa shape index (κ3) is 12.1. The van der Waals surface area contributed by atoms with Crippen molar-refractivity contribution >= 4 is 23.2 Å². The van der Waals surface area contributed by atoms with Crippen LogP contribution in [0.4, 0.5) is 0 Å². The highest BCUT2D eigenvalue weighted by atomic mass is 35.5. The highest BCUT2D eigenvalue weighted by molar-refractivity contribution is 6.32. The molecule has 0 saturated carbocycles. The minimum absolute atomic E-state index is 0.0218. The van der Waals surface area contributed by atoms with Crippen LogP contribution in [0.3, 0.4) is 0 Å². The van der Waals surface area contributed by atoms with E-state index in [0.717, 1.165) is 61.5 Å². The molecule has 0 amide bonds. The van der Waals surface area contributed by atoms with E-state index in [1.807, 2.05) is 112 Å². The molecule has 0 aliphatic carbocycles. The van der Waals surface area contributed by atoms with Crippen LogP contribution in [-0.2, 0) is 39.5 Å². The number of likely N-dealkylation sites (N-methyl/N-ethyl adjacent to an activating group) is 1. The maximum absolute atomic E-state index is 9.84. The molecule has 0 saturated heterocycles. The van der Waals surface area contributed by atoms with Gasteiger partial charge in [-0.3, -0.25) is 4.90 Å². The van der Waals surface area contributed by atoms with Crippen molar-refractivity contribution in [3.63, 3.8) is 0 Å². The number of aromatic nitrogens is 6. The first-order valence-electron chi connectivity index (χ1n) is 22.6. The average molecular weight is 968 g/mol. The summed E-state index contributed by atoms with van der Waals surface area (Å²) in [6.07, 6.45) is 10.7. The molecule has 13 nitrogen and oxygen atoms in total. The summed E-state index contributed by atoms with van der Waals surface area (Å²) in [4.78, 5) is 13.2. The number of halogens is 2. The second kappa shape index (κ2) is 22.6. The molecule has 4 heterocycles. The lowest BCUT2D eigenvalue weighted by Crippen LogP contribution is -2.31. The minimum Gasteiger partial charge on any atom is -0.488 e. The van der Waals surface area contributed by atoms with E-state index in [-0.39, 0.29) is 25.9 Å². The number of aliphatic hydroxyl groups excluding tert-OH is 1. The van der Waals surface area contributed by atoms with Crippen LogP contribution in [0, 0.1) is 13.8 Å². The number of pyridine rings is 2. The Morgan fingerprint density at radius 2 is 1.03 bits per heavy atom. The van der Waals surface area contributed by atoms with Crippen molar-refractivity contribution in [1.82, 2.24) is 39.3 Å². The van der Waals surface area contributed by atoms with Crippen molar-refractivity contribution in [2.75, 3.05) is 27.7 Å². The molecule has 8 rings (SSSR count). The molecule has 69 heavy (non-hydrogen) atoms. The molecular formula is C54H56Cl2N8O5. The van der Waals surface area contributed by atoms with Crippen molar-refractivity contribution < 1.29 is 24.1 Å². The van der Waals surface area contributed by atoms with E-state index in [1.54, 1.807) is 34.2 Å². The van der Waals surface area contributed by atoms with Crippen molar-refractivity contribution in [3.8, 4) is 45.8 Å². The molecule has 8 aromatic rings. The Labute approximate surface area is 413 Å². The number of hydrogen-bond acceptors (Lipinski definition) is 11. The zero-order chi connectivity index (χ0) is 48.4. The first-order chi connectivity index (χ1) is 33.4. The minimum atomic E-state index is -0.0656. The van der Waals surface area contributed by atoms with Crippen LogP contribution in [-0.4, -0.2) is 78.2 Å². The molecule has 1 atom stereocenters. The number of benzene rings is 4. The van der Waals surface area contributed by atoms with Gasteiger partial charge in [0.2, 0.25) is 0 Å². The van der Waals surface area contributed by atoms with Gasteiger partial charge in [-0.05, 0) is 112 Å². The molecular weight excluding hydrogens is 912 g/mol. The molecule has 0 fully saturated rings. The summed E-state index contributed by atoms with van der Waals surface area (Å²) < 4.78 is 29.2. The van der Waals surface area contributed by atoms with E-state index in [4.69, 9.17) is 42.1 Å². The van der Waals surface area contributed by atoms with E-state index < -0.39 is 0 Å². The van der Waals surface area contributed by atoms with Crippen LogP contribution in [0.2, 0.25) is 10.0 Å². The van der Waals surface area contributed by atoms with E-state index >= 15 is 0 Å².